The lowest BCUT2D eigenvalue weighted by Gasteiger charge is -2.23. The number of aliphatic imine (C=N–C) groups is 1. The number of phenols is 1. The standard InChI is InChI=1S/C21H33N7O6S/c1-11(26-18(31)14(22)3-2-8-25-21(23)24)17(30)28-16(10-35)19(32)27-15(20(33)34)9-12-4-6-13(29)7-5-12/h4-7,11,14-16,29,35H,2-3,8-10,22H2,1H3,(H,26,31)(H,27,32)(H,28,30)(H,33,34)(H4,23,24,25). The van der Waals surface area contributed by atoms with E-state index >= 15 is 0 Å². The number of guanidine groups is 1. The number of aromatic hydroxyl groups is 1. The molecule has 1 aromatic carbocycles. The zero-order valence-electron chi connectivity index (χ0n) is 19.3. The zero-order valence-corrected chi connectivity index (χ0v) is 20.2. The van der Waals surface area contributed by atoms with Crippen molar-refractivity contribution in [1.82, 2.24) is 16.0 Å². The zero-order chi connectivity index (χ0) is 26.5. The van der Waals surface area contributed by atoms with E-state index in [1.807, 2.05) is 0 Å². The molecule has 0 heterocycles. The number of aliphatic carboxylic acids is 1. The fraction of sp³-hybridized carbons (Fsp3) is 0.476. The molecule has 3 amide bonds. The first-order valence-corrected chi connectivity index (χ1v) is 11.4. The van der Waals surface area contributed by atoms with E-state index in [0.717, 1.165) is 0 Å². The number of phenolic OH excluding ortho intramolecular Hbond substituents is 1. The Morgan fingerprint density at radius 2 is 1.60 bits per heavy atom. The Balaban J connectivity index is 2.63. The highest BCUT2D eigenvalue weighted by Gasteiger charge is 2.28. The third-order valence-electron chi connectivity index (χ3n) is 4.86. The number of amides is 3. The van der Waals surface area contributed by atoms with Gasteiger partial charge in [-0.1, -0.05) is 12.1 Å². The maximum absolute atomic E-state index is 12.6. The van der Waals surface area contributed by atoms with Crippen molar-refractivity contribution in [2.75, 3.05) is 12.3 Å². The van der Waals surface area contributed by atoms with Crippen molar-refractivity contribution in [2.24, 2.45) is 22.2 Å². The number of thiol groups is 1. The number of benzene rings is 1. The van der Waals surface area contributed by atoms with Gasteiger partial charge in [-0.25, -0.2) is 4.79 Å². The second-order valence-corrected chi connectivity index (χ2v) is 8.16. The van der Waals surface area contributed by atoms with Crippen LogP contribution in [-0.2, 0) is 25.6 Å². The summed E-state index contributed by atoms with van der Waals surface area (Å²) in [4.78, 5) is 52.7. The minimum Gasteiger partial charge on any atom is -0.508 e. The lowest BCUT2D eigenvalue weighted by molar-refractivity contribution is -0.142. The van der Waals surface area contributed by atoms with Crippen molar-refractivity contribution in [2.45, 2.75) is 50.4 Å². The Hall–Kier alpha value is -3.52. The Labute approximate surface area is 208 Å². The van der Waals surface area contributed by atoms with Crippen LogP contribution in [0.2, 0.25) is 0 Å². The molecule has 0 saturated carbocycles. The molecule has 4 unspecified atom stereocenters. The Morgan fingerprint density at radius 3 is 2.14 bits per heavy atom. The third kappa shape index (κ3) is 11.0. The van der Waals surface area contributed by atoms with Gasteiger partial charge in [0.1, 0.15) is 23.9 Å². The molecule has 35 heavy (non-hydrogen) atoms. The summed E-state index contributed by atoms with van der Waals surface area (Å²) in [5, 5.41) is 26.1. The topological polar surface area (TPSA) is 235 Å². The summed E-state index contributed by atoms with van der Waals surface area (Å²) in [5.41, 5.74) is 16.8. The molecule has 0 saturated heterocycles. The lowest BCUT2D eigenvalue weighted by atomic mass is 10.1. The summed E-state index contributed by atoms with van der Waals surface area (Å²) < 4.78 is 0. The minimum atomic E-state index is -1.28. The van der Waals surface area contributed by atoms with E-state index in [1.165, 1.54) is 31.2 Å². The largest absolute Gasteiger partial charge is 0.508 e. The predicted molar refractivity (Wildman–Crippen MR) is 133 cm³/mol. The average molecular weight is 512 g/mol. The van der Waals surface area contributed by atoms with Crippen LogP contribution in [0.3, 0.4) is 0 Å². The summed E-state index contributed by atoms with van der Waals surface area (Å²) in [7, 11) is 0. The molecule has 0 aliphatic carbocycles. The van der Waals surface area contributed by atoms with Crippen LogP contribution in [0.4, 0.5) is 0 Å². The first kappa shape index (κ1) is 29.5. The number of hydrogen-bond acceptors (Lipinski definition) is 8. The van der Waals surface area contributed by atoms with Gasteiger partial charge in [-0.2, -0.15) is 12.6 Å². The molecule has 1 aromatic rings. The van der Waals surface area contributed by atoms with Gasteiger partial charge in [0.25, 0.3) is 0 Å². The number of nitrogens with one attached hydrogen (secondary N) is 3. The lowest BCUT2D eigenvalue weighted by Crippen LogP contribution is -2.57. The van der Waals surface area contributed by atoms with Crippen molar-refractivity contribution < 1.29 is 29.4 Å². The van der Waals surface area contributed by atoms with Gasteiger partial charge in [0.2, 0.25) is 17.7 Å². The molecule has 11 N–H and O–H groups in total. The number of carboxylic acid groups (broad SMARTS) is 1. The van der Waals surface area contributed by atoms with Gasteiger partial charge in [-0.3, -0.25) is 19.4 Å². The molecule has 0 bridgehead atoms. The monoisotopic (exact) mass is 511 g/mol. The second-order valence-electron chi connectivity index (χ2n) is 7.80. The van der Waals surface area contributed by atoms with Crippen molar-refractivity contribution in [3.63, 3.8) is 0 Å². The van der Waals surface area contributed by atoms with Gasteiger partial charge in [0.15, 0.2) is 5.96 Å². The normalized spacial score (nSPS) is 14.0. The fourth-order valence-corrected chi connectivity index (χ4v) is 3.12. The molecular formula is C21H33N7O6S. The minimum absolute atomic E-state index is 0.0237. The van der Waals surface area contributed by atoms with Crippen LogP contribution < -0.4 is 33.2 Å². The molecule has 14 heteroatoms. The highest BCUT2D eigenvalue weighted by Crippen LogP contribution is 2.11. The molecule has 1 rings (SSSR count). The number of nitrogens with zero attached hydrogens (tertiary/aromatic N) is 1. The van der Waals surface area contributed by atoms with Gasteiger partial charge in [0, 0.05) is 18.7 Å². The summed E-state index contributed by atoms with van der Waals surface area (Å²) >= 11 is 4.06. The molecule has 4 atom stereocenters. The van der Waals surface area contributed by atoms with Crippen LogP contribution >= 0.6 is 12.6 Å². The van der Waals surface area contributed by atoms with Crippen LogP contribution in [0.5, 0.6) is 5.75 Å². The van der Waals surface area contributed by atoms with Gasteiger partial charge in [0.05, 0.1) is 6.04 Å². The third-order valence-corrected chi connectivity index (χ3v) is 5.23. The van der Waals surface area contributed by atoms with E-state index in [9.17, 15) is 29.4 Å². The van der Waals surface area contributed by atoms with Crippen molar-refractivity contribution in [3.05, 3.63) is 29.8 Å². The number of carboxylic acids is 1. The summed E-state index contributed by atoms with van der Waals surface area (Å²) in [6.07, 6.45) is 0.711. The van der Waals surface area contributed by atoms with Crippen molar-refractivity contribution >= 4 is 42.3 Å². The maximum Gasteiger partial charge on any atom is 0.326 e. The molecule has 0 spiro atoms. The van der Waals surface area contributed by atoms with Crippen LogP contribution in [0.25, 0.3) is 0 Å². The number of nitrogens with two attached hydrogens (primary N) is 3. The van der Waals surface area contributed by atoms with Gasteiger partial charge < -0.3 is 43.4 Å². The van der Waals surface area contributed by atoms with E-state index in [2.05, 4.69) is 33.6 Å². The molecule has 0 aliphatic rings. The maximum atomic E-state index is 12.6. The Kier molecular flexibility index (Phi) is 12.4. The van der Waals surface area contributed by atoms with E-state index in [0.29, 0.717) is 18.5 Å². The number of rotatable bonds is 14. The highest BCUT2D eigenvalue weighted by molar-refractivity contribution is 7.80. The van der Waals surface area contributed by atoms with Crippen molar-refractivity contribution in [3.8, 4) is 5.75 Å². The molecule has 0 aliphatic heterocycles. The van der Waals surface area contributed by atoms with Crippen LogP contribution in [0, 0.1) is 0 Å². The number of carbonyl (C=O) groups excluding carboxylic acids is 3. The second kappa shape index (κ2) is 14.7. The highest BCUT2D eigenvalue weighted by atomic mass is 32.1. The van der Waals surface area contributed by atoms with Crippen LogP contribution in [-0.4, -0.2) is 76.3 Å². The van der Waals surface area contributed by atoms with Gasteiger partial charge in [-0.15, -0.1) is 0 Å². The molecule has 13 nitrogen and oxygen atoms in total. The Morgan fingerprint density at radius 1 is 1.00 bits per heavy atom. The number of carbonyl (C=O) groups is 4. The first-order valence-electron chi connectivity index (χ1n) is 10.8. The van der Waals surface area contributed by atoms with Gasteiger partial charge >= 0.3 is 5.97 Å². The summed E-state index contributed by atoms with van der Waals surface area (Å²) in [6, 6.07) is 1.53. The molecule has 0 aromatic heterocycles. The fourth-order valence-electron chi connectivity index (χ4n) is 2.87. The Bertz CT molecular complexity index is 908. The van der Waals surface area contributed by atoms with Crippen LogP contribution in [0.15, 0.2) is 29.3 Å². The number of hydrogen-bond donors (Lipinski definition) is 9. The predicted octanol–water partition coefficient (Wildman–Crippen LogP) is -2.20. The summed E-state index contributed by atoms with van der Waals surface area (Å²) in [5.74, 6) is -3.43. The smallest absolute Gasteiger partial charge is 0.326 e. The van der Waals surface area contributed by atoms with E-state index < -0.39 is 47.9 Å². The SMILES string of the molecule is CC(NC(=O)C(N)CCCN=C(N)N)C(=O)NC(CS)C(=O)NC(Cc1ccc(O)cc1)C(=O)O. The molecule has 0 radical (unpaired) electrons. The molecule has 0 fully saturated rings. The van der Waals surface area contributed by atoms with Crippen LogP contribution in [0.1, 0.15) is 25.3 Å². The molecule has 194 valence electrons. The first-order chi connectivity index (χ1) is 16.4. The van der Waals surface area contributed by atoms with E-state index in [4.69, 9.17) is 17.2 Å². The van der Waals surface area contributed by atoms with E-state index in [1.54, 1.807) is 0 Å². The molecular weight excluding hydrogens is 478 g/mol. The quantitative estimate of drug-likeness (QED) is 0.0569. The van der Waals surface area contributed by atoms with Crippen molar-refractivity contribution in [1.29, 1.82) is 0 Å². The average Bonchev–Trinajstić information content (AvgIpc) is 2.80. The summed E-state index contributed by atoms with van der Waals surface area (Å²) in [6.45, 7) is 1.72. The van der Waals surface area contributed by atoms with Gasteiger partial charge in [-0.05, 0) is 37.5 Å². The van der Waals surface area contributed by atoms with E-state index in [-0.39, 0.29) is 30.3 Å².